The lowest BCUT2D eigenvalue weighted by atomic mass is 9.70. The molecular weight excluding hydrogens is 304 g/mol. The SMILES string of the molecule is CC(C)CC(O)NC(=O)c1ccc2c(c1)C[C@]1(CCNC1=O)CC2. The summed E-state index contributed by atoms with van der Waals surface area (Å²) < 4.78 is 0. The standard InChI is InChI=1S/C19H26N2O3/c1-12(2)9-16(22)21-17(23)14-4-3-13-5-6-19(11-15(13)10-14)7-8-20-18(19)24/h3-4,10,12,16,22H,5-9,11H2,1-2H3,(H,20,24)(H,21,23)/t16?,19-/m1/s1. The maximum absolute atomic E-state index is 12.3. The van der Waals surface area contributed by atoms with Crippen LogP contribution in [-0.2, 0) is 17.6 Å². The number of hydrogen-bond acceptors (Lipinski definition) is 3. The molecule has 0 radical (unpaired) electrons. The third kappa shape index (κ3) is 3.31. The van der Waals surface area contributed by atoms with Crippen LogP contribution in [-0.4, -0.2) is 29.7 Å². The number of aliphatic hydroxyl groups is 1. The summed E-state index contributed by atoms with van der Waals surface area (Å²) in [6.07, 6.45) is 3.02. The van der Waals surface area contributed by atoms with E-state index in [9.17, 15) is 14.7 Å². The molecule has 1 aromatic carbocycles. The molecule has 5 heteroatoms. The Kier molecular flexibility index (Phi) is 4.63. The number of fused-ring (bicyclic) bond motifs is 1. The molecule has 1 spiro atoms. The van der Waals surface area contributed by atoms with Crippen LogP contribution in [0, 0.1) is 11.3 Å². The third-order valence-electron chi connectivity index (χ3n) is 5.23. The lowest BCUT2D eigenvalue weighted by Crippen LogP contribution is -2.37. The largest absolute Gasteiger partial charge is 0.374 e. The summed E-state index contributed by atoms with van der Waals surface area (Å²) in [4.78, 5) is 24.6. The molecule has 24 heavy (non-hydrogen) atoms. The van der Waals surface area contributed by atoms with E-state index in [1.165, 1.54) is 5.56 Å². The second kappa shape index (κ2) is 6.55. The van der Waals surface area contributed by atoms with Gasteiger partial charge in [-0.2, -0.15) is 0 Å². The van der Waals surface area contributed by atoms with Crippen LogP contribution in [0.5, 0.6) is 0 Å². The Labute approximate surface area is 142 Å². The Bertz CT molecular complexity index is 656. The number of hydrogen-bond donors (Lipinski definition) is 3. The van der Waals surface area contributed by atoms with Gasteiger partial charge in [0.25, 0.3) is 5.91 Å². The smallest absolute Gasteiger partial charge is 0.253 e. The van der Waals surface area contributed by atoms with E-state index in [1.54, 1.807) is 0 Å². The lowest BCUT2D eigenvalue weighted by Gasteiger charge is -2.32. The molecule has 0 saturated carbocycles. The van der Waals surface area contributed by atoms with Crippen molar-refractivity contribution in [3.05, 3.63) is 34.9 Å². The molecule has 1 aliphatic carbocycles. The van der Waals surface area contributed by atoms with Gasteiger partial charge in [-0.25, -0.2) is 0 Å². The summed E-state index contributed by atoms with van der Waals surface area (Å²) >= 11 is 0. The molecule has 130 valence electrons. The summed E-state index contributed by atoms with van der Waals surface area (Å²) in [6, 6.07) is 5.68. The maximum Gasteiger partial charge on any atom is 0.253 e. The normalized spacial score (nSPS) is 23.9. The number of carbonyl (C=O) groups is 2. The number of carbonyl (C=O) groups excluding carboxylic acids is 2. The molecule has 1 unspecified atom stereocenters. The second-order valence-corrected chi connectivity index (χ2v) is 7.57. The van der Waals surface area contributed by atoms with Crippen molar-refractivity contribution in [3.63, 3.8) is 0 Å². The zero-order valence-corrected chi connectivity index (χ0v) is 14.4. The third-order valence-corrected chi connectivity index (χ3v) is 5.23. The predicted molar refractivity (Wildman–Crippen MR) is 91.5 cm³/mol. The Morgan fingerprint density at radius 3 is 2.79 bits per heavy atom. The quantitative estimate of drug-likeness (QED) is 0.736. The number of amides is 2. The van der Waals surface area contributed by atoms with Crippen LogP contribution in [0.4, 0.5) is 0 Å². The minimum Gasteiger partial charge on any atom is -0.374 e. The summed E-state index contributed by atoms with van der Waals surface area (Å²) in [5.41, 5.74) is 2.56. The van der Waals surface area contributed by atoms with Crippen molar-refractivity contribution in [2.75, 3.05) is 6.54 Å². The van der Waals surface area contributed by atoms with Crippen LogP contribution in [0.1, 0.15) is 54.6 Å². The number of aliphatic hydroxyl groups excluding tert-OH is 1. The van der Waals surface area contributed by atoms with Crippen molar-refractivity contribution < 1.29 is 14.7 Å². The first-order valence-corrected chi connectivity index (χ1v) is 8.79. The van der Waals surface area contributed by atoms with Crippen molar-refractivity contribution >= 4 is 11.8 Å². The Morgan fingerprint density at radius 1 is 1.33 bits per heavy atom. The first kappa shape index (κ1) is 17.0. The average Bonchev–Trinajstić information content (AvgIpc) is 2.86. The van der Waals surface area contributed by atoms with Gasteiger partial charge in [0.1, 0.15) is 6.23 Å². The molecule has 1 aliphatic heterocycles. The zero-order valence-electron chi connectivity index (χ0n) is 14.4. The van der Waals surface area contributed by atoms with Crippen LogP contribution in [0.15, 0.2) is 18.2 Å². The molecule has 2 amide bonds. The fourth-order valence-corrected chi connectivity index (χ4v) is 3.87. The molecular formula is C19H26N2O3. The van der Waals surface area contributed by atoms with Crippen LogP contribution in [0.3, 0.4) is 0 Å². The highest BCUT2D eigenvalue weighted by Gasteiger charge is 2.44. The Hall–Kier alpha value is -1.88. The van der Waals surface area contributed by atoms with Crippen LogP contribution < -0.4 is 10.6 Å². The van der Waals surface area contributed by atoms with Gasteiger partial charge in [0, 0.05) is 12.1 Å². The molecule has 3 rings (SSSR count). The van der Waals surface area contributed by atoms with E-state index in [4.69, 9.17) is 0 Å². The summed E-state index contributed by atoms with van der Waals surface area (Å²) in [5, 5.41) is 15.5. The summed E-state index contributed by atoms with van der Waals surface area (Å²) in [6.45, 7) is 4.75. The van der Waals surface area contributed by atoms with Gasteiger partial charge in [-0.15, -0.1) is 0 Å². The molecule has 1 heterocycles. The van der Waals surface area contributed by atoms with Crippen molar-refractivity contribution in [3.8, 4) is 0 Å². The molecule has 0 aromatic heterocycles. The first-order chi connectivity index (χ1) is 11.4. The van der Waals surface area contributed by atoms with Crippen LogP contribution in [0.2, 0.25) is 0 Å². The van der Waals surface area contributed by atoms with Crippen molar-refractivity contribution in [1.82, 2.24) is 10.6 Å². The van der Waals surface area contributed by atoms with Crippen LogP contribution in [0.25, 0.3) is 0 Å². The molecule has 0 bridgehead atoms. The predicted octanol–water partition coefficient (Wildman–Crippen LogP) is 1.78. The van der Waals surface area contributed by atoms with Crippen molar-refractivity contribution in [2.45, 2.75) is 52.2 Å². The monoisotopic (exact) mass is 330 g/mol. The number of rotatable bonds is 4. The highest BCUT2D eigenvalue weighted by molar-refractivity contribution is 5.94. The van der Waals surface area contributed by atoms with Gasteiger partial charge in [-0.1, -0.05) is 19.9 Å². The minimum atomic E-state index is -0.833. The minimum absolute atomic E-state index is 0.148. The zero-order chi connectivity index (χ0) is 17.3. The van der Waals surface area contributed by atoms with Gasteiger partial charge in [-0.05, 0) is 61.3 Å². The van der Waals surface area contributed by atoms with E-state index in [1.807, 2.05) is 32.0 Å². The molecule has 2 aliphatic rings. The highest BCUT2D eigenvalue weighted by atomic mass is 16.3. The Morgan fingerprint density at radius 2 is 2.12 bits per heavy atom. The molecule has 3 N–H and O–H groups in total. The van der Waals surface area contributed by atoms with Crippen molar-refractivity contribution in [1.29, 1.82) is 0 Å². The van der Waals surface area contributed by atoms with Crippen molar-refractivity contribution in [2.24, 2.45) is 11.3 Å². The number of nitrogens with one attached hydrogen (secondary N) is 2. The Balaban J connectivity index is 1.75. The van der Waals surface area contributed by atoms with Gasteiger partial charge in [-0.3, -0.25) is 9.59 Å². The molecule has 5 nitrogen and oxygen atoms in total. The summed E-state index contributed by atoms with van der Waals surface area (Å²) in [7, 11) is 0. The highest BCUT2D eigenvalue weighted by Crippen LogP contribution is 2.41. The average molecular weight is 330 g/mol. The van der Waals surface area contributed by atoms with Gasteiger partial charge >= 0.3 is 0 Å². The topological polar surface area (TPSA) is 78.4 Å². The molecule has 1 fully saturated rings. The molecule has 2 atom stereocenters. The van der Waals surface area contributed by atoms with E-state index in [2.05, 4.69) is 10.6 Å². The van der Waals surface area contributed by atoms with E-state index >= 15 is 0 Å². The lowest BCUT2D eigenvalue weighted by molar-refractivity contribution is -0.128. The maximum atomic E-state index is 12.3. The van der Waals surface area contributed by atoms with Gasteiger partial charge < -0.3 is 15.7 Å². The fourth-order valence-electron chi connectivity index (χ4n) is 3.87. The van der Waals surface area contributed by atoms with E-state index in [0.29, 0.717) is 24.3 Å². The van der Waals surface area contributed by atoms with Crippen LogP contribution >= 0.6 is 0 Å². The van der Waals surface area contributed by atoms with E-state index < -0.39 is 6.23 Å². The first-order valence-electron chi connectivity index (χ1n) is 8.79. The van der Waals surface area contributed by atoms with Gasteiger partial charge in [0.15, 0.2) is 0 Å². The number of benzene rings is 1. The van der Waals surface area contributed by atoms with E-state index in [0.717, 1.165) is 31.4 Å². The second-order valence-electron chi connectivity index (χ2n) is 7.57. The summed E-state index contributed by atoms with van der Waals surface area (Å²) in [5.74, 6) is 0.196. The fraction of sp³-hybridized carbons (Fsp3) is 0.579. The van der Waals surface area contributed by atoms with E-state index in [-0.39, 0.29) is 17.2 Å². The molecule has 1 saturated heterocycles. The van der Waals surface area contributed by atoms with Gasteiger partial charge in [0.2, 0.25) is 5.91 Å². The van der Waals surface area contributed by atoms with Gasteiger partial charge in [0.05, 0.1) is 5.41 Å². The molecule has 1 aromatic rings. The number of aryl methyl sites for hydroxylation is 1.